The molecular formula is C8H11N3O2. The maximum Gasteiger partial charge on any atom is 0.225 e. The minimum atomic E-state index is -0.181. The highest BCUT2D eigenvalue weighted by Gasteiger charge is 2.03. The van der Waals surface area contributed by atoms with Gasteiger partial charge in [-0.15, -0.1) is 0 Å². The topological polar surface area (TPSA) is 74.8 Å². The van der Waals surface area contributed by atoms with Gasteiger partial charge in [0.25, 0.3) is 0 Å². The molecule has 1 aromatic rings. The highest BCUT2D eigenvalue weighted by atomic mass is 16.2. The number of rotatable bonds is 4. The number of nitrogens with zero attached hydrogens (tertiary/aromatic N) is 1. The number of hydrogen-bond acceptors (Lipinski definition) is 3. The van der Waals surface area contributed by atoms with Crippen LogP contribution in [0.5, 0.6) is 0 Å². The van der Waals surface area contributed by atoms with Gasteiger partial charge in [-0.2, -0.15) is 5.10 Å². The fourth-order valence-corrected chi connectivity index (χ4v) is 0.828. The number of carbonyl (C=O) groups excluding carboxylic acids is 2. The van der Waals surface area contributed by atoms with Crippen molar-refractivity contribution in [2.24, 2.45) is 0 Å². The quantitative estimate of drug-likeness (QED) is 0.718. The van der Waals surface area contributed by atoms with E-state index in [-0.39, 0.29) is 24.5 Å². The Morgan fingerprint density at radius 1 is 1.54 bits per heavy atom. The summed E-state index contributed by atoms with van der Waals surface area (Å²) in [5.41, 5.74) is 0. The lowest BCUT2D eigenvalue weighted by Gasteiger charge is -1.99. The van der Waals surface area contributed by atoms with Crippen molar-refractivity contribution in [1.29, 1.82) is 0 Å². The monoisotopic (exact) mass is 181 g/mol. The van der Waals surface area contributed by atoms with Gasteiger partial charge in [0.15, 0.2) is 0 Å². The van der Waals surface area contributed by atoms with Gasteiger partial charge in [0.1, 0.15) is 11.6 Å². The number of amides is 1. The van der Waals surface area contributed by atoms with Crippen LogP contribution in [0.3, 0.4) is 0 Å². The number of carbonyl (C=O) groups is 2. The minimum Gasteiger partial charge on any atom is -0.311 e. The van der Waals surface area contributed by atoms with Crippen molar-refractivity contribution in [3.8, 4) is 0 Å². The summed E-state index contributed by atoms with van der Waals surface area (Å²) < 4.78 is 0. The van der Waals surface area contributed by atoms with E-state index < -0.39 is 0 Å². The maximum atomic E-state index is 11.1. The first kappa shape index (κ1) is 9.44. The lowest BCUT2D eigenvalue weighted by atomic mass is 10.2. The normalized spacial score (nSPS) is 9.62. The van der Waals surface area contributed by atoms with Crippen molar-refractivity contribution >= 4 is 17.5 Å². The molecule has 0 aliphatic carbocycles. The van der Waals surface area contributed by atoms with E-state index in [2.05, 4.69) is 15.5 Å². The van der Waals surface area contributed by atoms with Crippen molar-refractivity contribution in [2.45, 2.75) is 19.8 Å². The first-order valence-electron chi connectivity index (χ1n) is 3.97. The standard InChI is InChI=1S/C8H11N3O2/c1-6(12)2-3-8(13)10-7-4-5-9-11-7/h4-5H,2-3H2,1H3,(H2,9,10,11,13). The largest absolute Gasteiger partial charge is 0.311 e. The number of H-pyrrole nitrogens is 1. The van der Waals surface area contributed by atoms with Gasteiger partial charge < -0.3 is 10.1 Å². The van der Waals surface area contributed by atoms with Gasteiger partial charge >= 0.3 is 0 Å². The zero-order chi connectivity index (χ0) is 9.68. The highest BCUT2D eigenvalue weighted by molar-refractivity contribution is 5.92. The summed E-state index contributed by atoms with van der Waals surface area (Å²) in [5.74, 6) is 0.382. The molecule has 1 aromatic heterocycles. The van der Waals surface area contributed by atoms with E-state index in [1.807, 2.05) is 0 Å². The molecule has 70 valence electrons. The molecule has 0 fully saturated rings. The number of aromatic nitrogens is 2. The van der Waals surface area contributed by atoms with E-state index in [9.17, 15) is 9.59 Å². The first-order chi connectivity index (χ1) is 6.18. The third kappa shape index (κ3) is 3.50. The Bertz CT molecular complexity index is 292. The summed E-state index contributed by atoms with van der Waals surface area (Å²) in [6.45, 7) is 1.46. The van der Waals surface area contributed by atoms with Crippen molar-refractivity contribution in [1.82, 2.24) is 10.2 Å². The number of nitrogens with one attached hydrogen (secondary N) is 2. The molecule has 2 N–H and O–H groups in total. The Balaban J connectivity index is 2.30. The third-order valence-electron chi connectivity index (χ3n) is 1.48. The summed E-state index contributed by atoms with van der Waals surface area (Å²) in [7, 11) is 0. The van der Waals surface area contributed by atoms with Crippen LogP contribution in [0, 0.1) is 0 Å². The van der Waals surface area contributed by atoms with E-state index in [1.54, 1.807) is 12.3 Å². The van der Waals surface area contributed by atoms with Crippen LogP contribution in [0.1, 0.15) is 19.8 Å². The molecule has 0 aliphatic rings. The van der Waals surface area contributed by atoms with Crippen LogP contribution in [0.2, 0.25) is 0 Å². The van der Waals surface area contributed by atoms with Crippen molar-refractivity contribution in [3.63, 3.8) is 0 Å². The zero-order valence-electron chi connectivity index (χ0n) is 7.33. The van der Waals surface area contributed by atoms with E-state index in [0.29, 0.717) is 5.82 Å². The Morgan fingerprint density at radius 3 is 2.85 bits per heavy atom. The summed E-state index contributed by atoms with van der Waals surface area (Å²) in [6, 6.07) is 1.64. The molecule has 5 heteroatoms. The number of anilines is 1. The molecule has 0 aliphatic heterocycles. The summed E-state index contributed by atoms with van der Waals surface area (Å²) >= 11 is 0. The molecule has 5 nitrogen and oxygen atoms in total. The molecule has 0 bridgehead atoms. The van der Waals surface area contributed by atoms with Gasteiger partial charge in [-0.25, -0.2) is 0 Å². The van der Waals surface area contributed by atoms with Gasteiger partial charge in [-0.3, -0.25) is 9.89 Å². The van der Waals surface area contributed by atoms with Crippen molar-refractivity contribution in [3.05, 3.63) is 12.3 Å². The fraction of sp³-hybridized carbons (Fsp3) is 0.375. The van der Waals surface area contributed by atoms with Crippen LogP contribution in [0.25, 0.3) is 0 Å². The third-order valence-corrected chi connectivity index (χ3v) is 1.48. The molecule has 1 amide bonds. The van der Waals surface area contributed by atoms with Crippen LogP contribution >= 0.6 is 0 Å². The Kier molecular flexibility index (Phi) is 3.19. The number of ketones is 1. The van der Waals surface area contributed by atoms with E-state index >= 15 is 0 Å². The highest BCUT2D eigenvalue weighted by Crippen LogP contribution is 2.00. The average Bonchev–Trinajstić information content (AvgIpc) is 2.53. The summed E-state index contributed by atoms with van der Waals surface area (Å²) in [6.07, 6.45) is 2.04. The van der Waals surface area contributed by atoms with E-state index in [4.69, 9.17) is 0 Å². The zero-order valence-corrected chi connectivity index (χ0v) is 7.33. The maximum absolute atomic E-state index is 11.1. The van der Waals surface area contributed by atoms with Crippen LogP contribution in [-0.2, 0) is 9.59 Å². The van der Waals surface area contributed by atoms with Crippen molar-refractivity contribution in [2.75, 3.05) is 5.32 Å². The number of aromatic amines is 1. The molecule has 0 spiro atoms. The molecule has 0 unspecified atom stereocenters. The fourth-order valence-electron chi connectivity index (χ4n) is 0.828. The lowest BCUT2D eigenvalue weighted by molar-refractivity contribution is -0.121. The molecule has 1 rings (SSSR count). The van der Waals surface area contributed by atoms with Gasteiger partial charge in [-0.1, -0.05) is 0 Å². The molecule has 13 heavy (non-hydrogen) atoms. The molecule has 0 atom stereocenters. The molecule has 0 saturated carbocycles. The second-order valence-corrected chi connectivity index (χ2v) is 2.72. The lowest BCUT2D eigenvalue weighted by Crippen LogP contribution is -2.12. The van der Waals surface area contributed by atoms with Crippen LogP contribution < -0.4 is 5.32 Å². The predicted octanol–water partition coefficient (Wildman–Crippen LogP) is 0.717. The van der Waals surface area contributed by atoms with Gasteiger partial charge in [-0.05, 0) is 6.92 Å². The smallest absolute Gasteiger partial charge is 0.225 e. The van der Waals surface area contributed by atoms with Gasteiger partial charge in [0.2, 0.25) is 5.91 Å². The number of hydrogen-bond donors (Lipinski definition) is 2. The summed E-state index contributed by atoms with van der Waals surface area (Å²) in [4.78, 5) is 21.7. The Labute approximate surface area is 75.5 Å². The van der Waals surface area contributed by atoms with Crippen LogP contribution in [0.15, 0.2) is 12.3 Å². The SMILES string of the molecule is CC(=O)CCC(=O)Nc1ccn[nH]1. The minimum absolute atomic E-state index is 0.0137. The molecule has 0 aromatic carbocycles. The second-order valence-electron chi connectivity index (χ2n) is 2.72. The van der Waals surface area contributed by atoms with Gasteiger partial charge in [0.05, 0.1) is 6.20 Å². The molecular weight excluding hydrogens is 170 g/mol. The average molecular weight is 181 g/mol. The van der Waals surface area contributed by atoms with Crippen LogP contribution in [0.4, 0.5) is 5.82 Å². The molecule has 1 heterocycles. The Hall–Kier alpha value is -1.65. The van der Waals surface area contributed by atoms with Crippen LogP contribution in [-0.4, -0.2) is 21.9 Å². The number of Topliss-reactive ketones (excluding diaryl/α,β-unsaturated/α-hetero) is 1. The second kappa shape index (κ2) is 4.39. The van der Waals surface area contributed by atoms with Gasteiger partial charge in [0, 0.05) is 18.9 Å². The van der Waals surface area contributed by atoms with Crippen molar-refractivity contribution < 1.29 is 9.59 Å². The van der Waals surface area contributed by atoms with E-state index in [1.165, 1.54) is 6.92 Å². The Morgan fingerprint density at radius 2 is 2.31 bits per heavy atom. The summed E-state index contributed by atoms with van der Waals surface area (Å²) in [5, 5.41) is 8.82. The molecule has 0 radical (unpaired) electrons. The predicted molar refractivity (Wildman–Crippen MR) is 47.1 cm³/mol. The van der Waals surface area contributed by atoms with E-state index in [0.717, 1.165) is 0 Å². The first-order valence-corrected chi connectivity index (χ1v) is 3.97. The molecule has 0 saturated heterocycles.